The number of amides is 1. The number of fused-ring (bicyclic) bond motifs is 1. The summed E-state index contributed by atoms with van der Waals surface area (Å²) in [4.78, 5) is 12.6. The number of hydrogen-bond donors (Lipinski definition) is 3. The number of carbonyl (C=O) groups excluding carboxylic acids is 1. The Hall–Kier alpha value is -1.72. The zero-order valence-electron chi connectivity index (χ0n) is 16.0. The molecule has 0 spiro atoms. The van der Waals surface area contributed by atoms with Crippen molar-refractivity contribution in [3.05, 3.63) is 50.4 Å². The number of rotatable bonds is 7. The Balaban J connectivity index is 2.07. The summed E-state index contributed by atoms with van der Waals surface area (Å²) in [5.41, 5.74) is 1.95. The summed E-state index contributed by atoms with van der Waals surface area (Å²) in [5.74, 6) is -0.303. The summed E-state index contributed by atoms with van der Waals surface area (Å²) in [6, 6.07) is 7.79. The fourth-order valence-corrected chi connectivity index (χ4v) is 5.94. The lowest BCUT2D eigenvalue weighted by Gasteiger charge is -2.21. The largest absolute Gasteiger partial charge is 0.506 e. The van der Waals surface area contributed by atoms with E-state index in [0.29, 0.717) is 37.8 Å². The van der Waals surface area contributed by atoms with E-state index in [1.807, 2.05) is 6.92 Å². The van der Waals surface area contributed by atoms with Crippen LogP contribution in [-0.4, -0.2) is 48.5 Å². The van der Waals surface area contributed by atoms with E-state index in [1.165, 1.54) is 16.4 Å². The van der Waals surface area contributed by atoms with Gasteiger partial charge >= 0.3 is 0 Å². The molecule has 0 fully saturated rings. The van der Waals surface area contributed by atoms with Crippen LogP contribution in [-0.2, 0) is 14.8 Å². The van der Waals surface area contributed by atoms with Crippen LogP contribution in [0.1, 0.15) is 24.5 Å². The molecule has 3 N–H and O–H groups in total. The molecule has 1 aliphatic heterocycles. The van der Waals surface area contributed by atoms with Gasteiger partial charge in [-0.05, 0) is 80.3 Å². The molecule has 10 heteroatoms. The third-order valence-corrected chi connectivity index (χ3v) is 7.69. The van der Waals surface area contributed by atoms with E-state index in [4.69, 9.17) is 0 Å². The van der Waals surface area contributed by atoms with Crippen LogP contribution in [0.25, 0.3) is 11.6 Å². The Morgan fingerprint density at radius 1 is 1.13 bits per heavy atom. The Morgan fingerprint density at radius 3 is 2.40 bits per heavy atom. The molecule has 0 saturated heterocycles. The van der Waals surface area contributed by atoms with Crippen LogP contribution in [0.2, 0.25) is 0 Å². The van der Waals surface area contributed by atoms with Crippen LogP contribution in [0.5, 0.6) is 5.75 Å². The first-order chi connectivity index (χ1) is 14.2. The van der Waals surface area contributed by atoms with Gasteiger partial charge in [0.15, 0.2) is 0 Å². The molecule has 2 aromatic rings. The molecule has 1 heterocycles. The molecule has 0 radical (unpaired) electrons. The Morgan fingerprint density at radius 2 is 1.80 bits per heavy atom. The summed E-state index contributed by atoms with van der Waals surface area (Å²) in [5, 5.41) is 21.9. The zero-order valence-corrected chi connectivity index (χ0v) is 20.0. The first-order valence-corrected chi connectivity index (χ1v) is 12.2. The standard InChI is InChI=1S/C20H20Br2N2O5S/c1-2-5-24(6-7-25)30(28,29)13-3-4-18-14(11-13)15(20(27)23-18)8-12-9-16(21)19(26)17(22)10-12/h3-4,8-11,25-26H,2,5-7H2,1H3,(H,23,27)/b15-8-. The molecule has 0 aliphatic carbocycles. The van der Waals surface area contributed by atoms with Crippen molar-refractivity contribution in [3.8, 4) is 5.75 Å². The van der Waals surface area contributed by atoms with Crippen molar-refractivity contribution in [2.45, 2.75) is 18.2 Å². The van der Waals surface area contributed by atoms with E-state index in [2.05, 4.69) is 37.2 Å². The van der Waals surface area contributed by atoms with E-state index in [1.54, 1.807) is 24.3 Å². The van der Waals surface area contributed by atoms with Crippen molar-refractivity contribution < 1.29 is 23.4 Å². The summed E-state index contributed by atoms with van der Waals surface area (Å²) in [6.45, 7) is 1.87. The number of carbonyl (C=O) groups is 1. The minimum absolute atomic E-state index is 0.00268. The first kappa shape index (κ1) is 23.0. The number of benzene rings is 2. The number of phenols is 1. The molecule has 30 heavy (non-hydrogen) atoms. The summed E-state index contributed by atoms with van der Waals surface area (Å²) >= 11 is 6.52. The minimum Gasteiger partial charge on any atom is -0.506 e. The second-order valence-corrected chi connectivity index (χ2v) is 10.3. The predicted molar refractivity (Wildman–Crippen MR) is 123 cm³/mol. The SMILES string of the molecule is CCCN(CCO)S(=O)(=O)c1ccc2c(c1)/C(=C/c1cc(Br)c(O)c(Br)c1)C(=O)N2. The average Bonchev–Trinajstić information content (AvgIpc) is 3.00. The van der Waals surface area contributed by atoms with Crippen molar-refractivity contribution >= 4 is 65.1 Å². The smallest absolute Gasteiger partial charge is 0.256 e. The molecule has 0 bridgehead atoms. The number of anilines is 1. The van der Waals surface area contributed by atoms with E-state index in [9.17, 15) is 23.4 Å². The number of phenolic OH excluding ortho intramolecular Hbond substituents is 1. The van der Waals surface area contributed by atoms with Crippen LogP contribution in [0.3, 0.4) is 0 Å². The quantitative estimate of drug-likeness (QED) is 0.447. The number of hydrogen-bond acceptors (Lipinski definition) is 5. The van der Waals surface area contributed by atoms with Crippen LogP contribution >= 0.6 is 31.9 Å². The molecule has 1 amide bonds. The number of sulfonamides is 1. The Labute approximate surface area is 191 Å². The molecule has 0 atom stereocenters. The lowest BCUT2D eigenvalue weighted by molar-refractivity contribution is -0.110. The van der Waals surface area contributed by atoms with Crippen molar-refractivity contribution in [2.24, 2.45) is 0 Å². The monoisotopic (exact) mass is 558 g/mol. The summed E-state index contributed by atoms with van der Waals surface area (Å²) in [7, 11) is -3.82. The van der Waals surface area contributed by atoms with Crippen molar-refractivity contribution in [3.63, 3.8) is 0 Å². The maximum absolute atomic E-state index is 13.0. The van der Waals surface area contributed by atoms with Gasteiger partial charge in [-0.3, -0.25) is 4.79 Å². The van der Waals surface area contributed by atoms with Crippen molar-refractivity contribution in [2.75, 3.05) is 25.0 Å². The second-order valence-electron chi connectivity index (χ2n) is 6.68. The number of aromatic hydroxyl groups is 1. The zero-order chi connectivity index (χ0) is 22.1. The summed E-state index contributed by atoms with van der Waals surface area (Å²) in [6.07, 6.45) is 2.24. The van der Waals surface area contributed by atoms with Gasteiger partial charge < -0.3 is 15.5 Å². The normalized spacial score (nSPS) is 15.0. The van der Waals surface area contributed by atoms with Gasteiger partial charge in [0.2, 0.25) is 10.0 Å². The van der Waals surface area contributed by atoms with E-state index < -0.39 is 10.0 Å². The third kappa shape index (κ3) is 4.47. The number of aliphatic hydroxyl groups is 1. The topological polar surface area (TPSA) is 107 Å². The van der Waals surface area contributed by atoms with Gasteiger partial charge in [0.05, 0.1) is 20.4 Å². The highest BCUT2D eigenvalue weighted by Crippen LogP contribution is 2.38. The maximum atomic E-state index is 13.0. The highest BCUT2D eigenvalue weighted by atomic mass is 79.9. The third-order valence-electron chi connectivity index (χ3n) is 4.58. The summed E-state index contributed by atoms with van der Waals surface area (Å²) < 4.78 is 28.2. The lowest BCUT2D eigenvalue weighted by atomic mass is 10.0. The van der Waals surface area contributed by atoms with Crippen LogP contribution < -0.4 is 5.32 Å². The fraction of sp³-hybridized carbons (Fsp3) is 0.250. The first-order valence-electron chi connectivity index (χ1n) is 9.15. The highest BCUT2D eigenvalue weighted by Gasteiger charge is 2.29. The Kier molecular flexibility index (Phi) is 7.03. The van der Waals surface area contributed by atoms with E-state index >= 15 is 0 Å². The van der Waals surface area contributed by atoms with E-state index in [0.717, 1.165) is 0 Å². The van der Waals surface area contributed by atoms with Crippen molar-refractivity contribution in [1.82, 2.24) is 4.31 Å². The van der Waals surface area contributed by atoms with Gasteiger partial charge in [-0.1, -0.05) is 6.92 Å². The molecular formula is C20H20Br2N2O5S. The fourth-order valence-electron chi connectivity index (χ4n) is 3.17. The minimum atomic E-state index is -3.82. The molecule has 1 aliphatic rings. The average molecular weight is 560 g/mol. The predicted octanol–water partition coefficient (Wildman–Crippen LogP) is 3.80. The molecule has 160 valence electrons. The van der Waals surface area contributed by atoms with Gasteiger partial charge in [0, 0.05) is 29.9 Å². The number of halogens is 2. The van der Waals surface area contributed by atoms with Gasteiger partial charge in [0.25, 0.3) is 5.91 Å². The number of nitrogens with zero attached hydrogens (tertiary/aromatic N) is 1. The van der Waals surface area contributed by atoms with Crippen LogP contribution in [0, 0.1) is 0 Å². The molecule has 7 nitrogen and oxygen atoms in total. The molecule has 3 rings (SSSR count). The van der Waals surface area contributed by atoms with Gasteiger partial charge in [-0.25, -0.2) is 8.42 Å². The van der Waals surface area contributed by atoms with Crippen LogP contribution in [0.15, 0.2) is 44.2 Å². The van der Waals surface area contributed by atoms with Gasteiger partial charge in [0.1, 0.15) is 5.75 Å². The molecular weight excluding hydrogens is 540 g/mol. The second kappa shape index (κ2) is 9.19. The Bertz CT molecular complexity index is 1100. The van der Waals surface area contributed by atoms with Gasteiger partial charge in [-0.15, -0.1) is 0 Å². The molecule has 0 aromatic heterocycles. The maximum Gasteiger partial charge on any atom is 0.256 e. The lowest BCUT2D eigenvalue weighted by Crippen LogP contribution is -2.34. The molecule has 0 saturated carbocycles. The molecule has 2 aromatic carbocycles. The van der Waals surface area contributed by atoms with Gasteiger partial charge in [-0.2, -0.15) is 4.31 Å². The molecule has 0 unspecified atom stereocenters. The van der Waals surface area contributed by atoms with Crippen molar-refractivity contribution in [1.29, 1.82) is 0 Å². The van der Waals surface area contributed by atoms with Crippen LogP contribution in [0.4, 0.5) is 5.69 Å². The van der Waals surface area contributed by atoms with E-state index in [-0.39, 0.29) is 36.2 Å². The number of aliphatic hydroxyl groups excluding tert-OH is 1. The number of nitrogens with one attached hydrogen (secondary N) is 1. The highest BCUT2D eigenvalue weighted by molar-refractivity contribution is 9.11.